The molecule has 4 nitrogen and oxygen atoms in total. The van der Waals surface area contributed by atoms with Crippen molar-refractivity contribution < 1.29 is 19.1 Å². The van der Waals surface area contributed by atoms with Gasteiger partial charge in [0.15, 0.2) is 0 Å². The summed E-state index contributed by atoms with van der Waals surface area (Å²) in [5.41, 5.74) is 0.307. The molecule has 0 amide bonds. The van der Waals surface area contributed by atoms with Crippen molar-refractivity contribution in [3.05, 3.63) is 47.2 Å². The average molecular weight is 241 g/mol. The second-order valence-electron chi connectivity index (χ2n) is 2.74. The molecule has 0 N–H and O–H groups in total. The van der Waals surface area contributed by atoms with Gasteiger partial charge < -0.3 is 9.47 Å². The molecule has 0 aliphatic rings. The zero-order valence-electron chi connectivity index (χ0n) is 8.48. The number of carbonyl (C=O) groups excluding carboxylic acids is 2. The Bertz CT molecular complexity index is 426. The molecule has 0 bridgehead atoms. The number of methoxy groups -OCH3 is 1. The molecule has 0 atom stereocenters. The lowest BCUT2D eigenvalue weighted by Crippen LogP contribution is -2.01. The highest BCUT2D eigenvalue weighted by Gasteiger charge is 2.05. The number of hydrogen-bond donors (Lipinski definition) is 0. The lowest BCUT2D eigenvalue weighted by atomic mass is 10.2. The molecule has 16 heavy (non-hydrogen) atoms. The monoisotopic (exact) mass is 240 g/mol. The molecule has 0 aromatic heterocycles. The number of carbonyl (C=O) groups is 2. The van der Waals surface area contributed by atoms with Gasteiger partial charge in [-0.15, -0.1) is 0 Å². The summed E-state index contributed by atoms with van der Waals surface area (Å²) in [4.78, 5) is 22.0. The predicted molar refractivity (Wildman–Crippen MR) is 58.0 cm³/mol. The van der Waals surface area contributed by atoms with E-state index in [0.717, 1.165) is 12.3 Å². The third kappa shape index (κ3) is 3.74. The van der Waals surface area contributed by atoms with Crippen LogP contribution in [0.15, 0.2) is 36.6 Å². The van der Waals surface area contributed by atoms with E-state index >= 15 is 0 Å². The van der Waals surface area contributed by atoms with Gasteiger partial charge in [-0.1, -0.05) is 17.7 Å². The summed E-state index contributed by atoms with van der Waals surface area (Å²) in [6, 6.07) is 6.29. The molecule has 5 heteroatoms. The summed E-state index contributed by atoms with van der Waals surface area (Å²) in [5, 5.41) is 0.436. The molecule has 0 heterocycles. The minimum Gasteiger partial charge on any atom is -0.466 e. The van der Waals surface area contributed by atoms with Gasteiger partial charge in [0.2, 0.25) is 0 Å². The van der Waals surface area contributed by atoms with E-state index in [9.17, 15) is 9.59 Å². The van der Waals surface area contributed by atoms with E-state index in [1.165, 1.54) is 13.2 Å². The quantitative estimate of drug-likeness (QED) is 0.462. The SMILES string of the molecule is COC(=O)/C=C\OC(=O)c1cccc(Cl)c1. The normalized spacial score (nSPS) is 10.1. The molecular formula is C11H9ClO4. The number of esters is 2. The van der Waals surface area contributed by atoms with E-state index < -0.39 is 11.9 Å². The van der Waals surface area contributed by atoms with E-state index in [-0.39, 0.29) is 0 Å². The van der Waals surface area contributed by atoms with Crippen molar-refractivity contribution in [2.75, 3.05) is 7.11 Å². The number of ether oxygens (including phenoxy) is 2. The summed E-state index contributed by atoms with van der Waals surface area (Å²) in [6.45, 7) is 0. The summed E-state index contributed by atoms with van der Waals surface area (Å²) >= 11 is 5.70. The molecule has 0 aliphatic carbocycles. The molecule has 0 spiro atoms. The van der Waals surface area contributed by atoms with Crippen LogP contribution in [-0.2, 0) is 14.3 Å². The molecule has 1 rings (SSSR count). The van der Waals surface area contributed by atoms with Crippen LogP contribution >= 0.6 is 11.6 Å². The Kier molecular flexibility index (Phi) is 4.54. The van der Waals surface area contributed by atoms with Crippen LogP contribution in [0.1, 0.15) is 10.4 Å². The number of benzene rings is 1. The Morgan fingerprint density at radius 1 is 1.38 bits per heavy atom. The van der Waals surface area contributed by atoms with Crippen LogP contribution < -0.4 is 0 Å². The van der Waals surface area contributed by atoms with Gasteiger partial charge in [-0.3, -0.25) is 0 Å². The van der Waals surface area contributed by atoms with Crippen molar-refractivity contribution in [1.29, 1.82) is 0 Å². The molecule has 0 saturated heterocycles. The van der Waals surface area contributed by atoms with E-state index in [1.807, 2.05) is 0 Å². The predicted octanol–water partition coefficient (Wildman–Crippen LogP) is 2.18. The molecule has 1 aromatic rings. The first kappa shape index (κ1) is 12.3. The minimum atomic E-state index is -0.598. The summed E-state index contributed by atoms with van der Waals surface area (Å²) in [7, 11) is 1.23. The molecule has 0 saturated carbocycles. The highest BCUT2D eigenvalue weighted by Crippen LogP contribution is 2.11. The largest absolute Gasteiger partial charge is 0.466 e. The van der Waals surface area contributed by atoms with Gasteiger partial charge in [-0.25, -0.2) is 9.59 Å². The molecule has 84 valence electrons. The van der Waals surface area contributed by atoms with E-state index in [1.54, 1.807) is 18.2 Å². The molecule has 0 fully saturated rings. The molecule has 0 unspecified atom stereocenters. The Balaban J connectivity index is 2.60. The standard InChI is InChI=1S/C11H9ClO4/c1-15-10(13)5-6-16-11(14)8-3-2-4-9(12)7-8/h2-7H,1H3/b6-5-. The fraction of sp³-hybridized carbons (Fsp3) is 0.0909. The zero-order valence-corrected chi connectivity index (χ0v) is 9.23. The lowest BCUT2D eigenvalue weighted by molar-refractivity contribution is -0.134. The average Bonchev–Trinajstić information content (AvgIpc) is 2.28. The zero-order chi connectivity index (χ0) is 12.0. The number of hydrogen-bond acceptors (Lipinski definition) is 4. The topological polar surface area (TPSA) is 52.6 Å². The van der Waals surface area contributed by atoms with Crippen LogP contribution in [0, 0.1) is 0 Å². The lowest BCUT2D eigenvalue weighted by Gasteiger charge is -1.99. The fourth-order valence-corrected chi connectivity index (χ4v) is 1.09. The van der Waals surface area contributed by atoms with Gasteiger partial charge in [-0.05, 0) is 18.2 Å². The second kappa shape index (κ2) is 5.92. The second-order valence-corrected chi connectivity index (χ2v) is 3.18. The minimum absolute atomic E-state index is 0.307. The van der Waals surface area contributed by atoms with Crippen molar-refractivity contribution in [2.45, 2.75) is 0 Å². The molecule has 0 radical (unpaired) electrons. The van der Waals surface area contributed by atoms with Gasteiger partial charge in [-0.2, -0.15) is 0 Å². The Hall–Kier alpha value is -1.81. The van der Waals surface area contributed by atoms with E-state index in [4.69, 9.17) is 11.6 Å². The van der Waals surface area contributed by atoms with Gasteiger partial charge in [0.1, 0.15) is 6.26 Å². The number of rotatable bonds is 3. The summed E-state index contributed by atoms with van der Waals surface area (Å²) in [6.07, 6.45) is 1.97. The van der Waals surface area contributed by atoms with Crippen LogP contribution in [0.5, 0.6) is 0 Å². The fourth-order valence-electron chi connectivity index (χ4n) is 0.903. The van der Waals surface area contributed by atoms with Crippen LogP contribution in [0.4, 0.5) is 0 Å². The van der Waals surface area contributed by atoms with Gasteiger partial charge in [0, 0.05) is 5.02 Å². The smallest absolute Gasteiger partial charge is 0.342 e. The third-order valence-electron chi connectivity index (χ3n) is 1.64. The van der Waals surface area contributed by atoms with Crippen LogP contribution in [-0.4, -0.2) is 19.0 Å². The third-order valence-corrected chi connectivity index (χ3v) is 1.88. The Labute approximate surface area is 97.4 Å². The number of halogens is 1. The molecular weight excluding hydrogens is 232 g/mol. The van der Waals surface area contributed by atoms with Crippen molar-refractivity contribution >= 4 is 23.5 Å². The first-order valence-corrected chi connectivity index (χ1v) is 4.72. The van der Waals surface area contributed by atoms with Crippen molar-refractivity contribution in [3.63, 3.8) is 0 Å². The maximum atomic E-state index is 11.4. The Morgan fingerprint density at radius 3 is 2.75 bits per heavy atom. The van der Waals surface area contributed by atoms with Crippen molar-refractivity contribution in [2.24, 2.45) is 0 Å². The van der Waals surface area contributed by atoms with Gasteiger partial charge in [0.05, 0.1) is 18.7 Å². The maximum Gasteiger partial charge on any atom is 0.342 e. The highest BCUT2D eigenvalue weighted by atomic mass is 35.5. The highest BCUT2D eigenvalue weighted by molar-refractivity contribution is 6.30. The van der Waals surface area contributed by atoms with E-state index in [2.05, 4.69) is 9.47 Å². The maximum absolute atomic E-state index is 11.4. The van der Waals surface area contributed by atoms with Crippen molar-refractivity contribution in [3.8, 4) is 0 Å². The summed E-state index contributed by atoms with van der Waals surface area (Å²) < 4.78 is 9.00. The Morgan fingerprint density at radius 2 is 2.12 bits per heavy atom. The first-order chi connectivity index (χ1) is 7.63. The van der Waals surface area contributed by atoms with Crippen LogP contribution in [0.2, 0.25) is 5.02 Å². The van der Waals surface area contributed by atoms with Crippen LogP contribution in [0.25, 0.3) is 0 Å². The van der Waals surface area contributed by atoms with Crippen LogP contribution in [0.3, 0.4) is 0 Å². The van der Waals surface area contributed by atoms with Gasteiger partial charge >= 0.3 is 11.9 Å². The van der Waals surface area contributed by atoms with E-state index in [0.29, 0.717) is 10.6 Å². The summed E-state index contributed by atoms with van der Waals surface area (Å²) in [5.74, 6) is -1.19. The molecule has 0 aliphatic heterocycles. The first-order valence-electron chi connectivity index (χ1n) is 4.34. The van der Waals surface area contributed by atoms with Gasteiger partial charge in [0.25, 0.3) is 0 Å². The van der Waals surface area contributed by atoms with Crippen molar-refractivity contribution in [1.82, 2.24) is 0 Å². The molecule has 1 aromatic carbocycles.